The number of hydrogen-bond acceptors (Lipinski definition) is 4. The first-order valence-corrected chi connectivity index (χ1v) is 9.36. The van der Waals surface area contributed by atoms with Gasteiger partial charge >= 0.3 is 0 Å². The van der Waals surface area contributed by atoms with Crippen LogP contribution in [0.5, 0.6) is 0 Å². The molecule has 0 saturated carbocycles. The Morgan fingerprint density at radius 1 is 1.00 bits per heavy atom. The van der Waals surface area contributed by atoms with Gasteiger partial charge in [0.25, 0.3) is 5.91 Å². The lowest BCUT2D eigenvalue weighted by Gasteiger charge is -2.29. The first-order chi connectivity index (χ1) is 13.6. The highest BCUT2D eigenvalue weighted by Gasteiger charge is 2.24. The van der Waals surface area contributed by atoms with Crippen LogP contribution in [0.4, 0.5) is 17.1 Å². The molecule has 1 N–H and O–H groups in total. The second-order valence-electron chi connectivity index (χ2n) is 6.88. The number of pyridine rings is 1. The van der Waals surface area contributed by atoms with Crippen LogP contribution in [0.15, 0.2) is 66.9 Å². The van der Waals surface area contributed by atoms with Gasteiger partial charge in [0, 0.05) is 35.4 Å². The second kappa shape index (κ2) is 7.64. The van der Waals surface area contributed by atoms with Crippen LogP contribution in [0.1, 0.15) is 39.8 Å². The topological polar surface area (TPSA) is 62.3 Å². The number of nitrogens with zero attached hydrogens (tertiary/aromatic N) is 2. The Balaban J connectivity index is 1.58. The van der Waals surface area contributed by atoms with Gasteiger partial charge in [-0.15, -0.1) is 0 Å². The van der Waals surface area contributed by atoms with E-state index in [-0.39, 0.29) is 11.7 Å². The zero-order valence-electron chi connectivity index (χ0n) is 15.7. The molecule has 0 bridgehead atoms. The number of carbonyl (C=O) groups is 2. The molecule has 1 aromatic heterocycles. The third kappa shape index (κ3) is 3.64. The average Bonchev–Trinajstić information content (AvgIpc) is 2.73. The van der Waals surface area contributed by atoms with Crippen molar-refractivity contribution in [1.82, 2.24) is 4.98 Å². The Morgan fingerprint density at radius 2 is 1.82 bits per heavy atom. The molecule has 1 amide bonds. The normalized spacial score (nSPS) is 13.0. The van der Waals surface area contributed by atoms with Gasteiger partial charge in [-0.25, -0.2) is 0 Å². The first kappa shape index (κ1) is 17.9. The van der Waals surface area contributed by atoms with Crippen molar-refractivity contribution < 1.29 is 9.59 Å². The van der Waals surface area contributed by atoms with E-state index in [4.69, 9.17) is 0 Å². The summed E-state index contributed by atoms with van der Waals surface area (Å²) in [5, 5.41) is 3.25. The van der Waals surface area contributed by atoms with Crippen molar-refractivity contribution in [3.63, 3.8) is 0 Å². The first-order valence-electron chi connectivity index (χ1n) is 9.36. The maximum atomic E-state index is 13.1. The molecule has 0 fully saturated rings. The highest BCUT2D eigenvalue weighted by molar-refractivity contribution is 6.06. The van der Waals surface area contributed by atoms with Crippen molar-refractivity contribution in [3.05, 3.63) is 83.7 Å². The molecular weight excluding hydrogens is 350 g/mol. The largest absolute Gasteiger partial charge is 0.355 e. The van der Waals surface area contributed by atoms with Crippen LogP contribution in [0.2, 0.25) is 0 Å². The zero-order valence-corrected chi connectivity index (χ0v) is 15.7. The van der Waals surface area contributed by atoms with Crippen LogP contribution in [0, 0.1) is 0 Å². The highest BCUT2D eigenvalue weighted by atomic mass is 16.2. The van der Waals surface area contributed by atoms with Crippen molar-refractivity contribution in [1.29, 1.82) is 0 Å². The summed E-state index contributed by atoms with van der Waals surface area (Å²) < 4.78 is 0. The monoisotopic (exact) mass is 371 g/mol. The molecule has 5 nitrogen and oxygen atoms in total. The number of anilines is 3. The number of ketones is 1. The Hall–Kier alpha value is -3.47. The summed E-state index contributed by atoms with van der Waals surface area (Å²) in [7, 11) is 0. The molecule has 1 aliphatic heterocycles. The summed E-state index contributed by atoms with van der Waals surface area (Å²) in [5.41, 5.74) is 4.74. The summed E-state index contributed by atoms with van der Waals surface area (Å²) >= 11 is 0. The molecule has 0 unspecified atom stereocenters. The van der Waals surface area contributed by atoms with E-state index in [1.165, 1.54) is 5.56 Å². The van der Waals surface area contributed by atoms with E-state index < -0.39 is 0 Å². The van der Waals surface area contributed by atoms with E-state index in [0.717, 1.165) is 29.9 Å². The van der Waals surface area contributed by atoms with Crippen molar-refractivity contribution >= 4 is 28.8 Å². The van der Waals surface area contributed by atoms with E-state index in [1.807, 2.05) is 30.3 Å². The fourth-order valence-corrected chi connectivity index (χ4v) is 3.49. The van der Waals surface area contributed by atoms with Crippen molar-refractivity contribution in [3.8, 4) is 0 Å². The number of para-hydroxylation sites is 1. The zero-order chi connectivity index (χ0) is 19.5. The fourth-order valence-electron chi connectivity index (χ4n) is 3.49. The lowest BCUT2D eigenvalue weighted by atomic mass is 10.0. The van der Waals surface area contributed by atoms with Crippen molar-refractivity contribution in [2.45, 2.75) is 19.8 Å². The molecule has 28 heavy (non-hydrogen) atoms. The van der Waals surface area contributed by atoms with Gasteiger partial charge in [0.1, 0.15) is 5.69 Å². The van der Waals surface area contributed by atoms with Crippen LogP contribution in [-0.2, 0) is 6.42 Å². The number of amides is 1. The van der Waals surface area contributed by atoms with Crippen molar-refractivity contribution in [2.75, 3.05) is 16.8 Å². The van der Waals surface area contributed by atoms with E-state index in [0.29, 0.717) is 17.8 Å². The molecule has 0 saturated heterocycles. The second-order valence-corrected chi connectivity index (χ2v) is 6.88. The van der Waals surface area contributed by atoms with Gasteiger partial charge in [-0.2, -0.15) is 0 Å². The number of carbonyl (C=O) groups excluding carboxylic acids is 2. The molecule has 4 rings (SSSR count). The van der Waals surface area contributed by atoms with E-state index in [9.17, 15) is 9.59 Å². The molecule has 0 radical (unpaired) electrons. The van der Waals surface area contributed by atoms with Crippen LogP contribution in [-0.4, -0.2) is 23.2 Å². The molecular formula is C23H21N3O2. The fraction of sp³-hybridized carbons (Fsp3) is 0.174. The van der Waals surface area contributed by atoms with Crippen LogP contribution in [0.3, 0.4) is 0 Å². The molecule has 140 valence electrons. The minimum absolute atomic E-state index is 0.0120. The molecule has 2 heterocycles. The van der Waals surface area contributed by atoms with E-state index >= 15 is 0 Å². The molecule has 5 heteroatoms. The summed E-state index contributed by atoms with van der Waals surface area (Å²) in [5.74, 6) is -0.0914. The van der Waals surface area contributed by atoms with Crippen molar-refractivity contribution in [2.24, 2.45) is 0 Å². The van der Waals surface area contributed by atoms with Crippen LogP contribution in [0.25, 0.3) is 0 Å². The third-order valence-corrected chi connectivity index (χ3v) is 4.89. The quantitative estimate of drug-likeness (QED) is 0.680. The van der Waals surface area contributed by atoms with Gasteiger partial charge < -0.3 is 10.2 Å². The predicted octanol–water partition coefficient (Wildman–Crippen LogP) is 4.62. The Bertz CT molecular complexity index is 1050. The minimum atomic E-state index is -0.103. The number of fused-ring (bicyclic) bond motifs is 1. The maximum absolute atomic E-state index is 13.1. The van der Waals surface area contributed by atoms with Gasteiger partial charge in [0.2, 0.25) is 0 Å². The third-order valence-electron chi connectivity index (χ3n) is 4.89. The average molecular weight is 371 g/mol. The predicted molar refractivity (Wildman–Crippen MR) is 110 cm³/mol. The van der Waals surface area contributed by atoms with Gasteiger partial charge in [0.15, 0.2) is 5.78 Å². The number of aryl methyl sites for hydroxylation is 1. The Labute approximate surface area is 164 Å². The Kier molecular flexibility index (Phi) is 4.89. The molecule has 0 spiro atoms. The molecule has 0 atom stereocenters. The number of hydrogen-bond donors (Lipinski definition) is 1. The lowest BCUT2D eigenvalue weighted by molar-refractivity contribution is 0.0978. The number of benzene rings is 2. The molecule has 1 aliphatic rings. The van der Waals surface area contributed by atoms with Gasteiger partial charge in [-0.05, 0) is 55.7 Å². The van der Waals surface area contributed by atoms with Crippen LogP contribution >= 0.6 is 0 Å². The minimum Gasteiger partial charge on any atom is -0.355 e. The SMILES string of the molecule is CC(=O)c1cccc(Nc2ccnc(C(=O)N3CCCc4ccccc43)c2)c1. The van der Waals surface area contributed by atoms with Gasteiger partial charge in [-0.3, -0.25) is 14.6 Å². The summed E-state index contributed by atoms with van der Waals surface area (Å²) in [6.45, 7) is 2.23. The van der Waals surface area contributed by atoms with Gasteiger partial charge in [-0.1, -0.05) is 30.3 Å². The molecule has 0 aliphatic carbocycles. The molecule has 2 aromatic carbocycles. The molecule has 3 aromatic rings. The number of nitrogens with one attached hydrogen (secondary N) is 1. The summed E-state index contributed by atoms with van der Waals surface area (Å²) in [6.07, 6.45) is 3.56. The van der Waals surface area contributed by atoms with Crippen LogP contribution < -0.4 is 10.2 Å². The number of Topliss-reactive ketones (excluding diaryl/α,β-unsaturated/α-hetero) is 1. The van der Waals surface area contributed by atoms with Gasteiger partial charge in [0.05, 0.1) is 0 Å². The lowest BCUT2D eigenvalue weighted by Crippen LogP contribution is -2.35. The standard InChI is InChI=1S/C23H21N3O2/c1-16(27)18-7-4-9-19(14-18)25-20-11-12-24-21(15-20)23(28)26-13-5-8-17-6-2-3-10-22(17)26/h2-4,6-7,9-12,14-15H,5,8,13H2,1H3,(H,24,25). The Morgan fingerprint density at radius 3 is 2.68 bits per heavy atom. The van der Waals surface area contributed by atoms with E-state index in [1.54, 1.807) is 42.3 Å². The summed E-state index contributed by atoms with van der Waals surface area (Å²) in [4.78, 5) is 30.8. The summed E-state index contributed by atoms with van der Waals surface area (Å²) in [6, 6.07) is 18.9. The number of aromatic nitrogens is 1. The highest BCUT2D eigenvalue weighted by Crippen LogP contribution is 2.28. The smallest absolute Gasteiger partial charge is 0.276 e. The number of rotatable bonds is 4. The maximum Gasteiger partial charge on any atom is 0.276 e. The van der Waals surface area contributed by atoms with E-state index in [2.05, 4.69) is 16.4 Å².